The van der Waals surface area contributed by atoms with Gasteiger partial charge in [0, 0.05) is 24.8 Å². The highest BCUT2D eigenvalue weighted by Gasteiger charge is 2.22. The minimum atomic E-state index is -3.58. The molecule has 9 heteroatoms. The fourth-order valence-electron chi connectivity index (χ4n) is 2.47. The van der Waals surface area contributed by atoms with Crippen LogP contribution in [0.25, 0.3) is 0 Å². The van der Waals surface area contributed by atoms with Crippen molar-refractivity contribution in [3.05, 3.63) is 54.1 Å². The number of hydrogen-bond acceptors (Lipinski definition) is 4. The van der Waals surface area contributed by atoms with E-state index in [1.165, 1.54) is 41.6 Å². The van der Waals surface area contributed by atoms with Crippen molar-refractivity contribution < 1.29 is 26.7 Å². The van der Waals surface area contributed by atoms with Crippen LogP contribution in [0, 0.1) is 11.6 Å². The normalized spacial score (nSPS) is 12.6. The summed E-state index contributed by atoms with van der Waals surface area (Å²) in [5, 5.41) is 2.58. The van der Waals surface area contributed by atoms with Crippen LogP contribution >= 0.6 is 0 Å². The summed E-state index contributed by atoms with van der Waals surface area (Å²) in [6.45, 7) is 5.68. The Hall–Kier alpha value is -2.52. The lowest BCUT2D eigenvalue weighted by molar-refractivity contribution is -0.122. The second-order valence-electron chi connectivity index (χ2n) is 5.94. The number of ether oxygens (including phenoxy) is 1. The maximum Gasteiger partial charge on any atom is 0.265 e. The standard InChI is InChI=1S/C19H22F2N2O4S/c1-4-23(5-2)28(25,26)16-9-6-14(7-10-16)22-19(24)13(3)27-15-8-11-17(20)18(21)12-15/h6-13H,4-5H2,1-3H3,(H,22,24). The quantitative estimate of drug-likeness (QED) is 0.721. The first kappa shape index (κ1) is 21.8. The van der Waals surface area contributed by atoms with Crippen LogP contribution in [0.5, 0.6) is 5.75 Å². The molecule has 0 aromatic heterocycles. The number of rotatable bonds is 8. The maximum atomic E-state index is 13.2. The van der Waals surface area contributed by atoms with E-state index in [1.807, 2.05) is 0 Å². The van der Waals surface area contributed by atoms with Gasteiger partial charge in [-0.25, -0.2) is 17.2 Å². The van der Waals surface area contributed by atoms with Crippen LogP contribution in [-0.4, -0.2) is 37.8 Å². The van der Waals surface area contributed by atoms with Gasteiger partial charge in [-0.3, -0.25) is 4.79 Å². The van der Waals surface area contributed by atoms with Crippen molar-refractivity contribution in [2.75, 3.05) is 18.4 Å². The van der Waals surface area contributed by atoms with Gasteiger partial charge in [-0.2, -0.15) is 4.31 Å². The number of benzene rings is 2. The Morgan fingerprint density at radius 2 is 1.68 bits per heavy atom. The van der Waals surface area contributed by atoms with Crippen LogP contribution in [0.3, 0.4) is 0 Å². The van der Waals surface area contributed by atoms with E-state index < -0.39 is 33.7 Å². The summed E-state index contributed by atoms with van der Waals surface area (Å²) >= 11 is 0. The van der Waals surface area contributed by atoms with Gasteiger partial charge in [0.15, 0.2) is 17.7 Å². The first-order valence-electron chi connectivity index (χ1n) is 8.71. The van der Waals surface area contributed by atoms with E-state index in [1.54, 1.807) is 13.8 Å². The van der Waals surface area contributed by atoms with Gasteiger partial charge in [-0.15, -0.1) is 0 Å². The molecule has 6 nitrogen and oxygen atoms in total. The van der Waals surface area contributed by atoms with E-state index >= 15 is 0 Å². The zero-order valence-electron chi connectivity index (χ0n) is 15.8. The lowest BCUT2D eigenvalue weighted by Gasteiger charge is -2.19. The van der Waals surface area contributed by atoms with Crippen molar-refractivity contribution in [1.82, 2.24) is 4.31 Å². The molecule has 0 bridgehead atoms. The van der Waals surface area contributed by atoms with Gasteiger partial charge >= 0.3 is 0 Å². The number of anilines is 1. The van der Waals surface area contributed by atoms with Crippen molar-refractivity contribution in [2.45, 2.75) is 31.8 Å². The molecule has 1 amide bonds. The van der Waals surface area contributed by atoms with Gasteiger partial charge in [0.05, 0.1) is 4.90 Å². The Kier molecular flexibility index (Phi) is 7.09. The van der Waals surface area contributed by atoms with E-state index in [4.69, 9.17) is 4.74 Å². The van der Waals surface area contributed by atoms with E-state index in [2.05, 4.69) is 5.32 Å². The number of halogens is 2. The van der Waals surface area contributed by atoms with Gasteiger partial charge < -0.3 is 10.1 Å². The van der Waals surface area contributed by atoms with Crippen LogP contribution in [0.4, 0.5) is 14.5 Å². The van der Waals surface area contributed by atoms with E-state index in [-0.39, 0.29) is 10.6 Å². The smallest absolute Gasteiger partial charge is 0.265 e. The molecule has 0 heterocycles. The van der Waals surface area contributed by atoms with E-state index in [9.17, 15) is 22.0 Å². The fraction of sp³-hybridized carbons (Fsp3) is 0.316. The van der Waals surface area contributed by atoms with Crippen LogP contribution in [0.15, 0.2) is 47.4 Å². The molecule has 0 aliphatic rings. The molecule has 0 spiro atoms. The van der Waals surface area contributed by atoms with Gasteiger partial charge in [-0.05, 0) is 43.3 Å². The topological polar surface area (TPSA) is 75.7 Å². The van der Waals surface area contributed by atoms with E-state index in [0.717, 1.165) is 12.1 Å². The highest BCUT2D eigenvalue weighted by Crippen LogP contribution is 2.20. The Morgan fingerprint density at radius 1 is 1.07 bits per heavy atom. The SMILES string of the molecule is CCN(CC)S(=O)(=O)c1ccc(NC(=O)C(C)Oc2ccc(F)c(F)c2)cc1. The number of carbonyl (C=O) groups excluding carboxylic acids is 1. The number of amides is 1. The minimum Gasteiger partial charge on any atom is -0.481 e. The zero-order chi connectivity index (χ0) is 20.9. The Balaban J connectivity index is 2.04. The average molecular weight is 412 g/mol. The summed E-state index contributed by atoms with van der Waals surface area (Å²) in [5.41, 5.74) is 0.379. The van der Waals surface area contributed by atoms with Crippen molar-refractivity contribution in [3.63, 3.8) is 0 Å². The summed E-state index contributed by atoms with van der Waals surface area (Å²) in [6, 6.07) is 8.73. The summed E-state index contributed by atoms with van der Waals surface area (Å²) in [5.74, 6) is -2.59. The van der Waals surface area contributed by atoms with E-state index in [0.29, 0.717) is 18.8 Å². The molecule has 2 rings (SSSR count). The van der Waals surface area contributed by atoms with Gasteiger partial charge in [0.1, 0.15) is 5.75 Å². The Morgan fingerprint density at radius 3 is 2.21 bits per heavy atom. The number of nitrogens with one attached hydrogen (secondary N) is 1. The molecule has 0 fully saturated rings. The van der Waals surface area contributed by atoms with Crippen molar-refractivity contribution in [2.24, 2.45) is 0 Å². The molecule has 0 saturated heterocycles. The third-order valence-electron chi connectivity index (χ3n) is 4.04. The third-order valence-corrected chi connectivity index (χ3v) is 6.10. The summed E-state index contributed by atoms with van der Waals surface area (Å²) in [4.78, 5) is 12.3. The predicted octanol–water partition coefficient (Wildman–Crippen LogP) is 3.40. The molecule has 1 unspecified atom stereocenters. The first-order chi connectivity index (χ1) is 13.2. The second kappa shape index (κ2) is 9.11. The molecule has 2 aromatic rings. The van der Waals surface area contributed by atoms with Crippen LogP contribution in [-0.2, 0) is 14.8 Å². The van der Waals surface area contributed by atoms with Crippen molar-refractivity contribution >= 4 is 21.6 Å². The monoisotopic (exact) mass is 412 g/mol. The molecular formula is C19H22F2N2O4S. The third kappa shape index (κ3) is 5.05. The summed E-state index contributed by atoms with van der Waals surface area (Å²) in [7, 11) is -3.58. The maximum absolute atomic E-state index is 13.2. The number of nitrogens with zero attached hydrogens (tertiary/aromatic N) is 1. The molecule has 152 valence electrons. The lowest BCUT2D eigenvalue weighted by atomic mass is 10.3. The molecule has 0 saturated carbocycles. The number of hydrogen-bond donors (Lipinski definition) is 1. The largest absolute Gasteiger partial charge is 0.481 e. The molecule has 1 atom stereocenters. The Labute approximate surface area is 163 Å². The molecule has 1 N–H and O–H groups in total. The predicted molar refractivity (Wildman–Crippen MR) is 102 cm³/mol. The second-order valence-corrected chi connectivity index (χ2v) is 7.88. The lowest BCUT2D eigenvalue weighted by Crippen LogP contribution is -2.31. The number of carbonyl (C=O) groups is 1. The molecule has 0 aliphatic heterocycles. The van der Waals surface area contributed by atoms with Crippen LogP contribution in [0.1, 0.15) is 20.8 Å². The van der Waals surface area contributed by atoms with Crippen molar-refractivity contribution in [3.8, 4) is 5.75 Å². The van der Waals surface area contributed by atoms with Crippen molar-refractivity contribution in [1.29, 1.82) is 0 Å². The molecule has 28 heavy (non-hydrogen) atoms. The van der Waals surface area contributed by atoms with Gasteiger partial charge in [0.2, 0.25) is 10.0 Å². The molecule has 2 aromatic carbocycles. The highest BCUT2D eigenvalue weighted by molar-refractivity contribution is 7.89. The minimum absolute atomic E-state index is 0.0159. The molecular weight excluding hydrogens is 390 g/mol. The van der Waals surface area contributed by atoms with Crippen LogP contribution in [0.2, 0.25) is 0 Å². The molecule has 0 aliphatic carbocycles. The Bertz CT molecular complexity index is 929. The van der Waals surface area contributed by atoms with Crippen LogP contribution < -0.4 is 10.1 Å². The summed E-state index contributed by atoms with van der Waals surface area (Å²) < 4.78 is 57.7. The fourth-order valence-corrected chi connectivity index (χ4v) is 3.93. The summed E-state index contributed by atoms with van der Waals surface area (Å²) in [6.07, 6.45) is -0.982. The number of sulfonamides is 1. The van der Waals surface area contributed by atoms with Gasteiger partial charge in [0.25, 0.3) is 5.91 Å². The first-order valence-corrected chi connectivity index (χ1v) is 10.2. The molecule has 0 radical (unpaired) electrons. The van der Waals surface area contributed by atoms with Gasteiger partial charge in [-0.1, -0.05) is 13.8 Å². The highest BCUT2D eigenvalue weighted by atomic mass is 32.2. The average Bonchev–Trinajstić information content (AvgIpc) is 2.66. The zero-order valence-corrected chi connectivity index (χ0v) is 16.6.